The van der Waals surface area contributed by atoms with E-state index < -0.39 is 5.91 Å². The quantitative estimate of drug-likeness (QED) is 0.674. The van der Waals surface area contributed by atoms with E-state index in [1.165, 1.54) is 6.33 Å². The SMILES string of the molecule is Cc1cc(Cl)cc(-c2ncnn3cc(C(N)=O)cc23)c1O[C@H]1CCCNC1.Cl. The van der Waals surface area contributed by atoms with Crippen LogP contribution >= 0.6 is 24.0 Å². The summed E-state index contributed by atoms with van der Waals surface area (Å²) in [4.78, 5) is 16.0. The maximum atomic E-state index is 11.6. The number of halogens is 2. The Morgan fingerprint density at radius 1 is 1.39 bits per heavy atom. The van der Waals surface area contributed by atoms with Crippen LogP contribution in [0.25, 0.3) is 16.8 Å². The molecule has 1 aromatic carbocycles. The molecule has 9 heteroatoms. The Morgan fingerprint density at radius 2 is 2.21 bits per heavy atom. The van der Waals surface area contributed by atoms with Gasteiger partial charge in [-0.3, -0.25) is 4.79 Å². The molecule has 4 rings (SSSR count). The second-order valence-corrected chi connectivity index (χ2v) is 7.15. The lowest BCUT2D eigenvalue weighted by Gasteiger charge is -2.26. The van der Waals surface area contributed by atoms with Crippen LogP contribution in [0, 0.1) is 6.92 Å². The highest BCUT2D eigenvalue weighted by Gasteiger charge is 2.21. The van der Waals surface area contributed by atoms with Crippen LogP contribution in [0.4, 0.5) is 0 Å². The second-order valence-electron chi connectivity index (χ2n) is 6.72. The van der Waals surface area contributed by atoms with Crippen molar-refractivity contribution in [3.05, 3.63) is 46.9 Å². The zero-order valence-electron chi connectivity index (χ0n) is 15.3. The van der Waals surface area contributed by atoms with Crippen molar-refractivity contribution in [2.75, 3.05) is 13.1 Å². The van der Waals surface area contributed by atoms with Crippen LogP contribution in [0.15, 0.2) is 30.7 Å². The molecule has 28 heavy (non-hydrogen) atoms. The number of hydrogen-bond acceptors (Lipinski definition) is 5. The summed E-state index contributed by atoms with van der Waals surface area (Å²) in [5, 5.41) is 8.13. The number of nitrogens with one attached hydrogen (secondary N) is 1. The van der Waals surface area contributed by atoms with Crippen molar-refractivity contribution in [2.45, 2.75) is 25.9 Å². The van der Waals surface area contributed by atoms with Gasteiger partial charge in [-0.1, -0.05) is 11.6 Å². The number of carbonyl (C=O) groups is 1. The third-order valence-electron chi connectivity index (χ3n) is 4.72. The van der Waals surface area contributed by atoms with E-state index >= 15 is 0 Å². The average molecular weight is 422 g/mol. The number of rotatable bonds is 4. The highest BCUT2D eigenvalue weighted by molar-refractivity contribution is 6.31. The molecular weight excluding hydrogens is 401 g/mol. The van der Waals surface area contributed by atoms with Gasteiger partial charge in [0.25, 0.3) is 0 Å². The molecule has 3 heterocycles. The molecule has 7 nitrogen and oxygen atoms in total. The lowest BCUT2D eigenvalue weighted by Crippen LogP contribution is -2.37. The van der Waals surface area contributed by atoms with Crippen molar-refractivity contribution in [1.82, 2.24) is 19.9 Å². The van der Waals surface area contributed by atoms with E-state index in [2.05, 4.69) is 15.4 Å². The number of fused-ring (bicyclic) bond motifs is 1. The van der Waals surface area contributed by atoms with Gasteiger partial charge in [-0.15, -0.1) is 12.4 Å². The third-order valence-corrected chi connectivity index (χ3v) is 4.94. The first-order chi connectivity index (χ1) is 13.0. The van der Waals surface area contributed by atoms with Gasteiger partial charge >= 0.3 is 0 Å². The van der Waals surface area contributed by atoms with E-state index in [1.54, 1.807) is 16.8 Å². The number of benzene rings is 1. The molecule has 0 spiro atoms. The highest BCUT2D eigenvalue weighted by Crippen LogP contribution is 2.38. The fourth-order valence-electron chi connectivity index (χ4n) is 3.42. The topological polar surface area (TPSA) is 94.5 Å². The number of nitrogens with zero attached hydrogens (tertiary/aromatic N) is 3. The smallest absolute Gasteiger partial charge is 0.250 e. The first-order valence-electron chi connectivity index (χ1n) is 8.84. The molecule has 1 amide bonds. The van der Waals surface area contributed by atoms with E-state index in [1.807, 2.05) is 19.1 Å². The molecule has 1 atom stereocenters. The minimum atomic E-state index is -0.515. The van der Waals surface area contributed by atoms with Gasteiger partial charge in [0.05, 0.1) is 11.1 Å². The summed E-state index contributed by atoms with van der Waals surface area (Å²) in [6.45, 7) is 3.78. The molecule has 3 N–H and O–H groups in total. The minimum Gasteiger partial charge on any atom is -0.488 e. The zero-order valence-corrected chi connectivity index (χ0v) is 16.9. The van der Waals surface area contributed by atoms with E-state index in [9.17, 15) is 4.79 Å². The highest BCUT2D eigenvalue weighted by atomic mass is 35.5. The Kier molecular flexibility index (Phi) is 6.07. The predicted molar refractivity (Wildman–Crippen MR) is 110 cm³/mol. The van der Waals surface area contributed by atoms with Crippen molar-refractivity contribution >= 4 is 35.4 Å². The number of nitrogens with two attached hydrogens (primary N) is 1. The summed E-state index contributed by atoms with van der Waals surface area (Å²) in [5.74, 6) is 0.231. The van der Waals surface area contributed by atoms with Crippen molar-refractivity contribution in [3.63, 3.8) is 0 Å². The summed E-state index contributed by atoms with van der Waals surface area (Å²) in [6, 6.07) is 5.39. The van der Waals surface area contributed by atoms with Crippen molar-refractivity contribution in [2.24, 2.45) is 5.73 Å². The molecule has 0 radical (unpaired) electrons. The number of aryl methyl sites for hydroxylation is 1. The normalized spacial score (nSPS) is 16.6. The van der Waals surface area contributed by atoms with Crippen LogP contribution in [-0.2, 0) is 0 Å². The number of ether oxygens (including phenoxy) is 1. The minimum absolute atomic E-state index is 0. The molecule has 1 saturated heterocycles. The first kappa shape index (κ1) is 20.4. The van der Waals surface area contributed by atoms with Crippen LogP contribution in [0.3, 0.4) is 0 Å². The van der Waals surface area contributed by atoms with Crippen LogP contribution in [-0.4, -0.2) is 39.7 Å². The Morgan fingerprint density at radius 3 is 2.93 bits per heavy atom. The number of aromatic nitrogens is 3. The standard InChI is InChI=1S/C19H20ClN5O2.ClH/c1-11-5-13(20)7-15(18(11)27-14-3-2-4-22-8-14)17-16-6-12(19(21)26)9-25(16)24-10-23-17;/h5-7,9-10,14,22H,2-4,8H2,1H3,(H2,21,26);1H/t14-;/m0./s1. The van der Waals surface area contributed by atoms with Gasteiger partial charge in [-0.05, 0) is 50.1 Å². The Bertz CT molecular complexity index is 1010. The number of carbonyl (C=O) groups excluding carboxylic acids is 1. The molecule has 1 fully saturated rings. The van der Waals surface area contributed by atoms with Crippen LogP contribution in [0.1, 0.15) is 28.8 Å². The van der Waals surface area contributed by atoms with E-state index in [-0.39, 0.29) is 18.5 Å². The second kappa shape index (κ2) is 8.34. The maximum Gasteiger partial charge on any atom is 0.250 e. The number of piperidine rings is 1. The predicted octanol–water partition coefficient (Wildman–Crippen LogP) is 3.01. The molecular formula is C19H21Cl2N5O2. The van der Waals surface area contributed by atoms with Gasteiger partial charge in [0, 0.05) is 23.3 Å². The summed E-state index contributed by atoms with van der Waals surface area (Å²) in [6.07, 6.45) is 5.18. The maximum absolute atomic E-state index is 11.6. The largest absolute Gasteiger partial charge is 0.488 e. The van der Waals surface area contributed by atoms with Crippen molar-refractivity contribution in [3.8, 4) is 17.0 Å². The Balaban J connectivity index is 0.00000225. The molecule has 1 aliphatic rings. The molecule has 0 saturated carbocycles. The molecule has 0 unspecified atom stereocenters. The van der Waals surface area contributed by atoms with Gasteiger partial charge in [0.1, 0.15) is 23.9 Å². The number of hydrogen-bond donors (Lipinski definition) is 2. The number of amides is 1. The average Bonchev–Trinajstić information content (AvgIpc) is 3.09. The Hall–Kier alpha value is -2.35. The lowest BCUT2D eigenvalue weighted by atomic mass is 10.0. The molecule has 1 aliphatic heterocycles. The molecule has 0 bridgehead atoms. The van der Waals surface area contributed by atoms with Crippen LogP contribution < -0.4 is 15.8 Å². The van der Waals surface area contributed by atoms with E-state index in [0.717, 1.165) is 42.8 Å². The first-order valence-corrected chi connectivity index (χ1v) is 9.22. The summed E-state index contributed by atoms with van der Waals surface area (Å²) < 4.78 is 7.94. The Labute approximate surface area is 173 Å². The summed E-state index contributed by atoms with van der Waals surface area (Å²) in [5.41, 5.74) is 8.79. The molecule has 2 aromatic heterocycles. The van der Waals surface area contributed by atoms with Gasteiger partial charge < -0.3 is 15.8 Å². The number of primary amides is 1. The summed E-state index contributed by atoms with van der Waals surface area (Å²) in [7, 11) is 0. The van der Waals surface area contributed by atoms with Crippen molar-refractivity contribution in [1.29, 1.82) is 0 Å². The molecule has 0 aliphatic carbocycles. The molecule has 148 valence electrons. The lowest BCUT2D eigenvalue weighted by molar-refractivity contribution is 0.100. The summed E-state index contributed by atoms with van der Waals surface area (Å²) >= 11 is 6.33. The monoisotopic (exact) mass is 421 g/mol. The van der Waals surface area contributed by atoms with E-state index in [0.29, 0.717) is 21.8 Å². The van der Waals surface area contributed by atoms with Crippen LogP contribution in [0.5, 0.6) is 5.75 Å². The fraction of sp³-hybridized carbons (Fsp3) is 0.316. The van der Waals surface area contributed by atoms with E-state index in [4.69, 9.17) is 22.1 Å². The zero-order chi connectivity index (χ0) is 19.0. The van der Waals surface area contributed by atoms with Gasteiger partial charge in [-0.25, -0.2) is 9.50 Å². The van der Waals surface area contributed by atoms with Crippen molar-refractivity contribution < 1.29 is 9.53 Å². The van der Waals surface area contributed by atoms with Gasteiger partial charge in [-0.2, -0.15) is 5.10 Å². The van der Waals surface area contributed by atoms with Gasteiger partial charge in [0.2, 0.25) is 5.91 Å². The fourth-order valence-corrected chi connectivity index (χ4v) is 3.69. The van der Waals surface area contributed by atoms with Gasteiger partial charge in [0.15, 0.2) is 0 Å². The molecule has 3 aromatic rings. The van der Waals surface area contributed by atoms with Crippen LogP contribution in [0.2, 0.25) is 5.02 Å². The third kappa shape index (κ3) is 3.92.